The quantitative estimate of drug-likeness (QED) is 0.631. The molecule has 2 rings (SSSR count). The van der Waals surface area contributed by atoms with Crippen LogP contribution in [0, 0.1) is 6.20 Å². The molecule has 1 saturated carbocycles. The van der Waals surface area contributed by atoms with Gasteiger partial charge in [0.2, 0.25) is 0 Å². The van der Waals surface area contributed by atoms with Crippen molar-refractivity contribution in [1.29, 1.82) is 0 Å². The molecule has 2 heteroatoms. The molecule has 1 aliphatic carbocycles. The van der Waals surface area contributed by atoms with Crippen LogP contribution in [0.2, 0.25) is 0 Å². The van der Waals surface area contributed by atoms with Crippen LogP contribution in [0.5, 0.6) is 0 Å². The Hall–Kier alpha value is -0.920. The second-order valence-electron chi connectivity index (χ2n) is 3.39. The molecule has 63 valence electrons. The molecule has 2 nitrogen and oxygen atoms in total. The van der Waals surface area contributed by atoms with E-state index in [2.05, 4.69) is 16.2 Å². The zero-order valence-corrected chi connectivity index (χ0v) is 7.16. The number of nitrogens with zero attached hydrogens (tertiary/aromatic N) is 2. The predicted octanol–water partition coefficient (Wildman–Crippen LogP) is 2.32. The van der Waals surface area contributed by atoms with E-state index in [1.165, 1.54) is 32.1 Å². The second-order valence-corrected chi connectivity index (χ2v) is 3.39. The Labute approximate surface area is 73.1 Å². The normalized spacial score (nSPS) is 19.3. The van der Waals surface area contributed by atoms with E-state index in [9.17, 15) is 0 Å². The number of rotatable bonds is 1. The molecular formula is C10H13N2. The van der Waals surface area contributed by atoms with Gasteiger partial charge in [-0.05, 0) is 12.8 Å². The molecular weight excluding hydrogens is 148 g/mol. The maximum atomic E-state index is 4.28. The Balaban J connectivity index is 2.08. The van der Waals surface area contributed by atoms with Gasteiger partial charge in [-0.2, -0.15) is 0 Å². The first kappa shape index (κ1) is 7.71. The van der Waals surface area contributed by atoms with Gasteiger partial charge < -0.3 is 0 Å². The van der Waals surface area contributed by atoms with Crippen molar-refractivity contribution in [3.63, 3.8) is 0 Å². The summed E-state index contributed by atoms with van der Waals surface area (Å²) in [5, 5.41) is 0. The molecule has 1 heterocycles. The lowest BCUT2D eigenvalue weighted by atomic mass is 9.87. The topological polar surface area (TPSA) is 25.8 Å². The standard InChI is InChI=1S/C10H13N2/c1-2-4-9(5-3-1)10-8-11-6-7-12-10/h6-7,9H,1-5H2. The van der Waals surface area contributed by atoms with Crippen molar-refractivity contribution < 1.29 is 0 Å². The highest BCUT2D eigenvalue weighted by atomic mass is 14.8. The van der Waals surface area contributed by atoms with Gasteiger partial charge in [0.15, 0.2) is 0 Å². The van der Waals surface area contributed by atoms with Crippen molar-refractivity contribution in [3.8, 4) is 0 Å². The highest BCUT2D eigenvalue weighted by Crippen LogP contribution is 2.30. The molecule has 0 bridgehead atoms. The molecule has 12 heavy (non-hydrogen) atoms. The first-order valence-electron chi connectivity index (χ1n) is 4.65. The van der Waals surface area contributed by atoms with Gasteiger partial charge in [0.05, 0.1) is 5.69 Å². The van der Waals surface area contributed by atoms with Crippen molar-refractivity contribution in [3.05, 3.63) is 24.3 Å². The van der Waals surface area contributed by atoms with Crippen LogP contribution < -0.4 is 0 Å². The third kappa shape index (κ3) is 1.63. The van der Waals surface area contributed by atoms with E-state index in [-0.39, 0.29) is 0 Å². The molecule has 0 aliphatic heterocycles. The molecule has 1 aromatic rings. The molecule has 0 N–H and O–H groups in total. The monoisotopic (exact) mass is 161 g/mol. The minimum Gasteiger partial charge on any atom is -0.257 e. The summed E-state index contributed by atoms with van der Waals surface area (Å²) in [6.45, 7) is 0. The van der Waals surface area contributed by atoms with E-state index in [1.807, 2.05) is 0 Å². The lowest BCUT2D eigenvalue weighted by molar-refractivity contribution is 0.435. The summed E-state index contributed by atoms with van der Waals surface area (Å²) in [7, 11) is 0. The molecule has 1 aromatic heterocycles. The van der Waals surface area contributed by atoms with Gasteiger partial charge in [-0.1, -0.05) is 19.3 Å². The Morgan fingerprint density at radius 2 is 2.00 bits per heavy atom. The largest absolute Gasteiger partial charge is 0.257 e. The molecule has 0 spiro atoms. The lowest BCUT2D eigenvalue weighted by Crippen LogP contribution is -2.06. The maximum Gasteiger partial charge on any atom is 0.112 e. The van der Waals surface area contributed by atoms with Crippen LogP contribution in [0.15, 0.2) is 12.4 Å². The SMILES string of the molecule is [c]1nccnc1C1CCCCC1. The van der Waals surface area contributed by atoms with Crippen molar-refractivity contribution in [2.75, 3.05) is 0 Å². The van der Waals surface area contributed by atoms with Crippen LogP contribution in [0.25, 0.3) is 0 Å². The van der Waals surface area contributed by atoms with Gasteiger partial charge in [0.1, 0.15) is 6.20 Å². The van der Waals surface area contributed by atoms with Crippen LogP contribution in [0.1, 0.15) is 43.7 Å². The summed E-state index contributed by atoms with van der Waals surface area (Å²) in [5.74, 6) is 0.632. The molecule has 0 atom stereocenters. The number of hydrogen-bond donors (Lipinski definition) is 0. The fraction of sp³-hybridized carbons (Fsp3) is 0.600. The van der Waals surface area contributed by atoms with Gasteiger partial charge >= 0.3 is 0 Å². The zero-order valence-electron chi connectivity index (χ0n) is 7.16. The third-order valence-electron chi connectivity index (χ3n) is 2.53. The maximum absolute atomic E-state index is 4.28. The van der Waals surface area contributed by atoms with Gasteiger partial charge in [0, 0.05) is 18.3 Å². The number of hydrogen-bond acceptors (Lipinski definition) is 2. The van der Waals surface area contributed by atoms with E-state index in [4.69, 9.17) is 0 Å². The van der Waals surface area contributed by atoms with E-state index in [0.717, 1.165) is 5.69 Å². The summed E-state index contributed by atoms with van der Waals surface area (Å²) >= 11 is 0. The summed E-state index contributed by atoms with van der Waals surface area (Å²) < 4.78 is 0. The molecule has 1 radical (unpaired) electrons. The van der Waals surface area contributed by atoms with Crippen molar-refractivity contribution in [2.24, 2.45) is 0 Å². The predicted molar refractivity (Wildman–Crippen MR) is 46.7 cm³/mol. The van der Waals surface area contributed by atoms with Crippen molar-refractivity contribution in [2.45, 2.75) is 38.0 Å². The van der Waals surface area contributed by atoms with Gasteiger partial charge in [0.25, 0.3) is 0 Å². The van der Waals surface area contributed by atoms with E-state index >= 15 is 0 Å². The highest BCUT2D eigenvalue weighted by molar-refractivity contribution is 5.02. The molecule has 0 saturated heterocycles. The smallest absolute Gasteiger partial charge is 0.112 e. The Bertz CT molecular complexity index is 227. The Kier molecular flexibility index (Phi) is 2.35. The molecule has 0 unspecified atom stereocenters. The Morgan fingerprint density at radius 3 is 2.67 bits per heavy atom. The summed E-state index contributed by atoms with van der Waals surface area (Å²) in [6.07, 6.45) is 13.0. The number of aromatic nitrogens is 2. The van der Waals surface area contributed by atoms with Crippen LogP contribution in [-0.2, 0) is 0 Å². The minimum absolute atomic E-state index is 0.632. The van der Waals surface area contributed by atoms with Crippen LogP contribution >= 0.6 is 0 Å². The first-order valence-corrected chi connectivity index (χ1v) is 4.65. The van der Waals surface area contributed by atoms with Gasteiger partial charge in [-0.3, -0.25) is 9.97 Å². The van der Waals surface area contributed by atoms with Gasteiger partial charge in [-0.25, -0.2) is 0 Å². The van der Waals surface area contributed by atoms with Crippen molar-refractivity contribution >= 4 is 0 Å². The average Bonchev–Trinajstić information content (AvgIpc) is 2.21. The lowest BCUT2D eigenvalue weighted by Gasteiger charge is -2.19. The van der Waals surface area contributed by atoms with E-state index in [0.29, 0.717) is 5.92 Å². The van der Waals surface area contributed by atoms with Crippen LogP contribution in [-0.4, -0.2) is 9.97 Å². The van der Waals surface area contributed by atoms with Crippen LogP contribution in [0.3, 0.4) is 0 Å². The third-order valence-corrected chi connectivity index (χ3v) is 2.53. The van der Waals surface area contributed by atoms with E-state index in [1.54, 1.807) is 12.4 Å². The minimum atomic E-state index is 0.632. The van der Waals surface area contributed by atoms with Gasteiger partial charge in [-0.15, -0.1) is 0 Å². The molecule has 0 amide bonds. The zero-order chi connectivity index (χ0) is 8.23. The van der Waals surface area contributed by atoms with Crippen molar-refractivity contribution in [1.82, 2.24) is 9.97 Å². The highest BCUT2D eigenvalue weighted by Gasteiger charge is 2.16. The van der Waals surface area contributed by atoms with Crippen LogP contribution in [0.4, 0.5) is 0 Å². The summed E-state index contributed by atoms with van der Waals surface area (Å²) in [6, 6.07) is 0. The summed E-state index contributed by atoms with van der Waals surface area (Å²) in [5.41, 5.74) is 1.07. The first-order chi connectivity index (χ1) is 5.97. The fourth-order valence-electron chi connectivity index (χ4n) is 1.85. The molecule has 1 fully saturated rings. The average molecular weight is 161 g/mol. The molecule has 0 aromatic carbocycles. The van der Waals surface area contributed by atoms with E-state index < -0.39 is 0 Å². The second kappa shape index (κ2) is 3.65. The fourth-order valence-corrected chi connectivity index (χ4v) is 1.85. The summed E-state index contributed by atoms with van der Waals surface area (Å²) in [4.78, 5) is 8.26. The Morgan fingerprint density at radius 1 is 1.17 bits per heavy atom. The molecule has 1 aliphatic rings.